The number of rotatable bonds is 25. The van der Waals surface area contributed by atoms with Gasteiger partial charge < -0.3 is 9.80 Å². The number of hydrogen-bond donors (Lipinski definition) is 3. The summed E-state index contributed by atoms with van der Waals surface area (Å²) in [4.78, 5) is 8.08. The van der Waals surface area contributed by atoms with Gasteiger partial charge in [-0.25, -0.2) is 4.89 Å². The van der Waals surface area contributed by atoms with Gasteiger partial charge in [-0.1, -0.05) is 12.8 Å². The summed E-state index contributed by atoms with van der Waals surface area (Å²) in [5.41, 5.74) is 0. The van der Waals surface area contributed by atoms with Gasteiger partial charge in [-0.15, -0.1) is 4.33 Å². The Morgan fingerprint density at radius 2 is 0.816 bits per heavy atom. The van der Waals surface area contributed by atoms with Gasteiger partial charge in [0, 0.05) is 13.1 Å². The third kappa shape index (κ3) is 25.8. The molecule has 0 radical (unpaired) electrons. The highest BCUT2D eigenvalue weighted by atomic mass is 32.2. The van der Waals surface area contributed by atoms with Crippen LogP contribution in [0.4, 0.5) is 0 Å². The molecule has 0 heterocycles. The first-order valence-corrected chi connectivity index (χ1v) is 18.6. The highest BCUT2D eigenvalue weighted by molar-refractivity contribution is 7.86. The van der Waals surface area contributed by atoms with Crippen LogP contribution in [0, 0.1) is 0 Å². The smallest absolute Gasteiger partial charge is 0.293 e. The molecule has 0 saturated heterocycles. The second-order valence-corrected chi connectivity index (χ2v) is 15.2. The van der Waals surface area contributed by atoms with Crippen LogP contribution in [0.2, 0.25) is 0 Å². The summed E-state index contributed by atoms with van der Waals surface area (Å²) in [6.07, 6.45) is 3.20. The largest absolute Gasteiger partial charge is 0.302 e. The van der Waals surface area contributed by atoms with E-state index in [1.807, 2.05) is 9.80 Å². The van der Waals surface area contributed by atoms with E-state index in [4.69, 9.17) is 13.7 Å². The molecular weight excluding hydrogens is 592 g/mol. The zero-order chi connectivity index (χ0) is 29.3. The molecule has 0 amide bonds. The monoisotopic (exact) mass is 634 g/mol. The maximum atomic E-state index is 11.5. The quantitative estimate of drug-likeness (QED) is 0.0531. The van der Waals surface area contributed by atoms with Crippen LogP contribution in [-0.4, -0.2) is 127 Å². The van der Waals surface area contributed by atoms with Crippen LogP contribution in [0.5, 0.6) is 0 Å². The molecule has 15 nitrogen and oxygen atoms in total. The summed E-state index contributed by atoms with van der Waals surface area (Å²) >= 11 is 0. The third-order valence-corrected chi connectivity index (χ3v) is 8.95. The fourth-order valence-corrected chi connectivity index (χ4v) is 6.01. The third-order valence-electron chi connectivity index (χ3n) is 5.40. The number of unbranched alkanes of at least 4 members (excludes halogenated alkanes) is 4. The first kappa shape index (κ1) is 37.5. The van der Waals surface area contributed by atoms with Crippen LogP contribution in [0.3, 0.4) is 0 Å². The Bertz CT molecular complexity index is 1060. The maximum absolute atomic E-state index is 11.5. The zero-order valence-electron chi connectivity index (χ0n) is 21.7. The van der Waals surface area contributed by atoms with Crippen molar-refractivity contribution in [1.82, 2.24) is 9.80 Å². The van der Waals surface area contributed by atoms with E-state index in [0.29, 0.717) is 71.4 Å². The summed E-state index contributed by atoms with van der Waals surface area (Å²) in [6, 6.07) is 0. The van der Waals surface area contributed by atoms with Gasteiger partial charge in [0.05, 0.1) is 30.1 Å². The Kier molecular flexibility index (Phi) is 18.6. The van der Waals surface area contributed by atoms with Crippen molar-refractivity contribution in [2.45, 2.75) is 51.4 Å². The van der Waals surface area contributed by atoms with Gasteiger partial charge in [0.1, 0.15) is 0 Å². The lowest BCUT2D eigenvalue weighted by Gasteiger charge is -2.28. The molecule has 0 atom stereocenters. The van der Waals surface area contributed by atoms with Crippen molar-refractivity contribution in [3.05, 3.63) is 0 Å². The zero-order valence-corrected chi connectivity index (χ0v) is 24.9. The number of nitrogens with zero attached hydrogens (tertiary/aromatic N) is 2. The average molecular weight is 635 g/mol. The number of hydrogen-bond acceptors (Lipinski definition) is 12. The van der Waals surface area contributed by atoms with Gasteiger partial charge in [0.2, 0.25) is 0 Å². The second kappa shape index (κ2) is 18.8. The summed E-state index contributed by atoms with van der Waals surface area (Å²) in [5, 5.41) is 0. The molecule has 0 unspecified atom stereocenters. The lowest BCUT2D eigenvalue weighted by Crippen LogP contribution is -2.38. The highest BCUT2D eigenvalue weighted by Gasteiger charge is 2.15. The van der Waals surface area contributed by atoms with Crippen LogP contribution >= 0.6 is 0 Å². The lowest BCUT2D eigenvalue weighted by molar-refractivity contribution is -0.172. The van der Waals surface area contributed by atoms with E-state index in [0.717, 1.165) is 7.11 Å². The molecule has 0 aromatic rings. The Labute approximate surface area is 227 Å². The molecule has 0 aliphatic rings. The molecule has 3 N–H and O–H groups in total. The van der Waals surface area contributed by atoms with Crippen LogP contribution in [0.1, 0.15) is 51.4 Å². The van der Waals surface area contributed by atoms with E-state index in [1.165, 1.54) is 0 Å². The summed E-state index contributed by atoms with van der Waals surface area (Å²) in [5.74, 6) is -1.40. The minimum absolute atomic E-state index is 0.171. The van der Waals surface area contributed by atoms with Crippen molar-refractivity contribution < 1.29 is 56.6 Å². The molecule has 0 aliphatic carbocycles. The molecule has 0 saturated carbocycles. The van der Waals surface area contributed by atoms with Crippen molar-refractivity contribution in [2.24, 2.45) is 0 Å². The van der Waals surface area contributed by atoms with Crippen molar-refractivity contribution >= 4 is 40.5 Å². The Balaban J connectivity index is 4.93. The lowest BCUT2D eigenvalue weighted by atomic mass is 10.2. The first-order valence-electron chi connectivity index (χ1n) is 12.2. The molecule has 19 heteroatoms. The Hall–Kier alpha value is -0.480. The van der Waals surface area contributed by atoms with E-state index >= 15 is 0 Å². The van der Waals surface area contributed by atoms with Gasteiger partial charge in [0.15, 0.2) is 0 Å². The van der Waals surface area contributed by atoms with Crippen LogP contribution in [0.15, 0.2) is 0 Å². The van der Waals surface area contributed by atoms with Crippen LogP contribution < -0.4 is 0 Å². The van der Waals surface area contributed by atoms with Crippen molar-refractivity contribution in [3.63, 3.8) is 0 Å². The maximum Gasteiger partial charge on any atom is 0.293 e. The minimum atomic E-state index is -4.13. The molecule has 0 rings (SSSR count). The SMILES string of the molecule is COOS(=O)(=O)CCCCCN(CCCS(=O)(=O)O)CCN(CCCCCS(=O)(=O)O)CCCS(=O)(=O)O. The first-order chi connectivity index (χ1) is 17.4. The van der Waals surface area contributed by atoms with Crippen LogP contribution in [0.25, 0.3) is 0 Å². The van der Waals surface area contributed by atoms with Crippen molar-refractivity contribution in [1.29, 1.82) is 0 Å². The van der Waals surface area contributed by atoms with Crippen molar-refractivity contribution in [2.75, 3.05) is 69.4 Å². The molecule has 0 spiro atoms. The van der Waals surface area contributed by atoms with Crippen LogP contribution in [-0.2, 0) is 49.7 Å². The summed E-state index contributed by atoms with van der Waals surface area (Å²) < 4.78 is 120. The Morgan fingerprint density at radius 3 is 1.18 bits per heavy atom. The standard InChI is InChI=1S/C19H42N2O13S4/c1-33-34-38(31,32)19-7-3-5-11-21(13-9-18-37(28,29)30)15-14-20(12-8-17-36(25,26)27)10-4-2-6-16-35(22,23)24/h2-19H2,1H3,(H,22,23,24)(H,25,26,27)(H,28,29,30). The van der Waals surface area contributed by atoms with Gasteiger partial charge in [0.25, 0.3) is 40.5 Å². The highest BCUT2D eigenvalue weighted by Crippen LogP contribution is 2.07. The fraction of sp³-hybridized carbons (Fsp3) is 1.00. The summed E-state index contributed by atoms with van der Waals surface area (Å²) in [7, 11) is -15.0. The molecule has 0 aromatic carbocycles. The molecule has 38 heavy (non-hydrogen) atoms. The van der Waals surface area contributed by atoms with E-state index < -0.39 is 52.0 Å². The van der Waals surface area contributed by atoms with E-state index in [1.54, 1.807) is 0 Å². The van der Waals surface area contributed by atoms with E-state index in [9.17, 15) is 33.7 Å². The fourth-order valence-electron chi connectivity index (χ4n) is 3.62. The van der Waals surface area contributed by atoms with E-state index in [-0.39, 0.29) is 30.8 Å². The van der Waals surface area contributed by atoms with Gasteiger partial charge in [-0.3, -0.25) is 13.7 Å². The topological polar surface area (TPSA) is 222 Å². The van der Waals surface area contributed by atoms with E-state index in [2.05, 4.69) is 9.22 Å². The van der Waals surface area contributed by atoms with Gasteiger partial charge >= 0.3 is 0 Å². The molecule has 0 fully saturated rings. The molecule has 0 aromatic heterocycles. The molecule has 230 valence electrons. The second-order valence-electron chi connectivity index (χ2n) is 8.87. The van der Waals surface area contributed by atoms with Gasteiger partial charge in [-0.2, -0.15) is 33.7 Å². The average Bonchev–Trinajstić information content (AvgIpc) is 2.73. The Morgan fingerprint density at radius 1 is 0.474 bits per heavy atom. The summed E-state index contributed by atoms with van der Waals surface area (Å²) in [6.45, 7) is 2.64. The van der Waals surface area contributed by atoms with Crippen molar-refractivity contribution in [3.8, 4) is 0 Å². The normalized spacial score (nSPS) is 13.5. The molecule has 0 aliphatic heterocycles. The molecule has 0 bridgehead atoms. The van der Waals surface area contributed by atoms with Gasteiger partial charge in [-0.05, 0) is 64.7 Å². The predicted molar refractivity (Wildman–Crippen MR) is 141 cm³/mol. The molecular formula is C19H42N2O13S4. The minimum Gasteiger partial charge on any atom is -0.302 e. The predicted octanol–water partition coefficient (Wildman–Crippen LogP) is 0.282.